The van der Waals surface area contributed by atoms with Crippen molar-refractivity contribution in [2.45, 2.75) is 13.5 Å². The summed E-state index contributed by atoms with van der Waals surface area (Å²) >= 11 is 0. The molecule has 0 aliphatic heterocycles. The van der Waals surface area contributed by atoms with E-state index in [-0.39, 0.29) is 24.0 Å². The summed E-state index contributed by atoms with van der Waals surface area (Å²) in [6, 6.07) is 13.6. The topological polar surface area (TPSA) is 68.9 Å². The van der Waals surface area contributed by atoms with Crippen LogP contribution in [0.2, 0.25) is 0 Å². The summed E-state index contributed by atoms with van der Waals surface area (Å²) in [5, 5.41) is 3.06. The molecule has 0 saturated heterocycles. The zero-order valence-corrected chi connectivity index (χ0v) is 15.8. The van der Waals surface area contributed by atoms with E-state index in [1.807, 2.05) is 49.4 Å². The van der Waals surface area contributed by atoms with E-state index < -0.39 is 0 Å². The molecule has 0 saturated carbocycles. The predicted molar refractivity (Wildman–Crippen MR) is 105 cm³/mol. The molecule has 0 aliphatic rings. The van der Waals surface area contributed by atoms with Gasteiger partial charge in [0.25, 0.3) is 0 Å². The Kier molecular flexibility index (Phi) is 7.67. The summed E-state index contributed by atoms with van der Waals surface area (Å²) in [6.07, 6.45) is 0. The summed E-state index contributed by atoms with van der Waals surface area (Å²) in [6.45, 7) is 2.45. The van der Waals surface area contributed by atoms with Gasteiger partial charge in [0, 0.05) is 11.3 Å². The van der Waals surface area contributed by atoms with Gasteiger partial charge in [0.15, 0.2) is 17.5 Å². The van der Waals surface area contributed by atoms with E-state index in [1.54, 1.807) is 14.2 Å². The zero-order chi connectivity index (χ0) is 15.9. The van der Waals surface area contributed by atoms with Crippen LogP contribution in [-0.4, -0.2) is 20.2 Å². The number of hydrogen-bond acceptors (Lipinski definition) is 3. The molecule has 0 fully saturated rings. The number of para-hydroxylation sites is 1. The molecular formula is C17H22IN3O2. The predicted octanol–water partition coefficient (Wildman–Crippen LogP) is 3.56. The number of nitrogens with two attached hydrogens (primary N) is 1. The second kappa shape index (κ2) is 9.24. The van der Waals surface area contributed by atoms with E-state index in [9.17, 15) is 0 Å². The summed E-state index contributed by atoms with van der Waals surface area (Å²) < 4.78 is 10.6. The number of aliphatic imine (C=N–C) groups is 1. The van der Waals surface area contributed by atoms with Crippen molar-refractivity contribution in [1.29, 1.82) is 0 Å². The lowest BCUT2D eigenvalue weighted by atomic mass is 10.2. The van der Waals surface area contributed by atoms with Crippen LogP contribution in [0.3, 0.4) is 0 Å². The lowest BCUT2D eigenvalue weighted by molar-refractivity contribution is 0.352. The Bertz CT molecular complexity index is 657. The number of ether oxygens (including phenoxy) is 2. The van der Waals surface area contributed by atoms with E-state index in [0.717, 1.165) is 11.3 Å². The van der Waals surface area contributed by atoms with Gasteiger partial charge in [-0.15, -0.1) is 24.0 Å². The van der Waals surface area contributed by atoms with Crippen molar-refractivity contribution in [3.05, 3.63) is 53.6 Å². The molecule has 0 aliphatic carbocycles. The van der Waals surface area contributed by atoms with Gasteiger partial charge in [0.1, 0.15) is 0 Å². The number of hydrogen-bond donors (Lipinski definition) is 2. The number of guanidine groups is 1. The van der Waals surface area contributed by atoms with Crippen LogP contribution in [0.4, 0.5) is 5.69 Å². The number of nitrogens with zero attached hydrogens (tertiary/aromatic N) is 1. The number of aryl methyl sites for hydroxylation is 1. The first kappa shape index (κ1) is 19.1. The van der Waals surface area contributed by atoms with Gasteiger partial charge in [-0.2, -0.15) is 0 Å². The van der Waals surface area contributed by atoms with Crippen LogP contribution >= 0.6 is 24.0 Å². The van der Waals surface area contributed by atoms with Gasteiger partial charge >= 0.3 is 0 Å². The van der Waals surface area contributed by atoms with Crippen molar-refractivity contribution in [2.75, 3.05) is 19.5 Å². The highest BCUT2D eigenvalue weighted by molar-refractivity contribution is 14.0. The van der Waals surface area contributed by atoms with Crippen LogP contribution in [0.15, 0.2) is 47.5 Å². The first-order valence-electron chi connectivity index (χ1n) is 6.97. The van der Waals surface area contributed by atoms with E-state index in [0.29, 0.717) is 24.0 Å². The van der Waals surface area contributed by atoms with E-state index in [2.05, 4.69) is 10.3 Å². The smallest absolute Gasteiger partial charge is 0.193 e. The fraction of sp³-hybridized carbons (Fsp3) is 0.235. The Morgan fingerprint density at radius 1 is 1.09 bits per heavy atom. The van der Waals surface area contributed by atoms with Crippen LogP contribution in [-0.2, 0) is 6.54 Å². The minimum atomic E-state index is 0. The molecule has 2 aromatic rings. The molecule has 3 N–H and O–H groups in total. The molecule has 0 atom stereocenters. The van der Waals surface area contributed by atoms with Crippen LogP contribution < -0.4 is 20.5 Å². The zero-order valence-electron chi connectivity index (χ0n) is 13.5. The van der Waals surface area contributed by atoms with Crippen LogP contribution in [0.1, 0.15) is 11.1 Å². The fourth-order valence-electron chi connectivity index (χ4n) is 2.07. The van der Waals surface area contributed by atoms with Crippen molar-refractivity contribution >= 4 is 35.6 Å². The third kappa shape index (κ3) is 5.31. The summed E-state index contributed by atoms with van der Waals surface area (Å²) in [7, 11) is 3.22. The monoisotopic (exact) mass is 427 g/mol. The SMILES string of the molecule is COc1cccc(CN=C(N)Nc2ccc(C)cc2)c1OC.I. The second-order valence-electron chi connectivity index (χ2n) is 4.85. The molecule has 0 aromatic heterocycles. The highest BCUT2D eigenvalue weighted by atomic mass is 127. The maximum absolute atomic E-state index is 5.92. The molecule has 6 heteroatoms. The van der Waals surface area contributed by atoms with Crippen molar-refractivity contribution in [1.82, 2.24) is 0 Å². The highest BCUT2D eigenvalue weighted by Gasteiger charge is 2.08. The molecule has 124 valence electrons. The molecule has 0 amide bonds. The first-order chi connectivity index (χ1) is 10.6. The van der Waals surface area contributed by atoms with E-state index in [1.165, 1.54) is 5.56 Å². The van der Waals surface area contributed by atoms with Gasteiger partial charge in [-0.25, -0.2) is 4.99 Å². The molecule has 0 heterocycles. The highest BCUT2D eigenvalue weighted by Crippen LogP contribution is 2.31. The molecule has 0 unspecified atom stereocenters. The minimum absolute atomic E-state index is 0. The Balaban J connectivity index is 0.00000264. The Morgan fingerprint density at radius 3 is 2.39 bits per heavy atom. The Labute approximate surface area is 153 Å². The van der Waals surface area contributed by atoms with Gasteiger partial charge in [-0.05, 0) is 25.1 Å². The van der Waals surface area contributed by atoms with Crippen LogP contribution in [0.5, 0.6) is 11.5 Å². The van der Waals surface area contributed by atoms with Gasteiger partial charge in [0.2, 0.25) is 0 Å². The number of nitrogens with one attached hydrogen (secondary N) is 1. The average molecular weight is 427 g/mol. The van der Waals surface area contributed by atoms with Gasteiger partial charge in [-0.1, -0.05) is 29.8 Å². The third-order valence-electron chi connectivity index (χ3n) is 3.23. The molecule has 0 radical (unpaired) electrons. The molecule has 2 aromatic carbocycles. The lowest BCUT2D eigenvalue weighted by Crippen LogP contribution is -2.22. The lowest BCUT2D eigenvalue weighted by Gasteiger charge is -2.11. The summed E-state index contributed by atoms with van der Waals surface area (Å²) in [4.78, 5) is 4.34. The average Bonchev–Trinajstić information content (AvgIpc) is 2.54. The first-order valence-corrected chi connectivity index (χ1v) is 6.97. The largest absolute Gasteiger partial charge is 0.493 e. The van der Waals surface area contributed by atoms with Crippen LogP contribution in [0.25, 0.3) is 0 Å². The maximum atomic E-state index is 5.92. The van der Waals surface area contributed by atoms with Crippen molar-refractivity contribution < 1.29 is 9.47 Å². The molecule has 23 heavy (non-hydrogen) atoms. The number of rotatable bonds is 5. The fourth-order valence-corrected chi connectivity index (χ4v) is 2.07. The molecule has 2 rings (SSSR count). The van der Waals surface area contributed by atoms with Crippen molar-refractivity contribution in [2.24, 2.45) is 10.7 Å². The van der Waals surface area contributed by atoms with Crippen molar-refractivity contribution in [3.8, 4) is 11.5 Å². The molecular weight excluding hydrogens is 405 g/mol. The standard InChI is InChI=1S/C17H21N3O2.HI/c1-12-7-9-14(10-8-12)20-17(18)19-11-13-5-4-6-15(21-2)16(13)22-3;/h4-10H,11H2,1-3H3,(H3,18,19,20);1H. The Morgan fingerprint density at radius 2 is 1.78 bits per heavy atom. The van der Waals surface area contributed by atoms with Gasteiger partial charge in [0.05, 0.1) is 20.8 Å². The van der Waals surface area contributed by atoms with E-state index >= 15 is 0 Å². The quantitative estimate of drug-likeness (QED) is 0.435. The van der Waals surface area contributed by atoms with Gasteiger partial charge < -0.3 is 20.5 Å². The minimum Gasteiger partial charge on any atom is -0.493 e. The molecule has 0 spiro atoms. The number of benzene rings is 2. The van der Waals surface area contributed by atoms with Gasteiger partial charge in [-0.3, -0.25) is 0 Å². The molecule has 5 nitrogen and oxygen atoms in total. The normalized spacial score (nSPS) is 10.7. The Hall–Kier alpha value is -1.96. The summed E-state index contributed by atoms with van der Waals surface area (Å²) in [5.41, 5.74) is 8.94. The summed E-state index contributed by atoms with van der Waals surface area (Å²) in [5.74, 6) is 1.71. The van der Waals surface area contributed by atoms with Crippen LogP contribution in [0, 0.1) is 6.92 Å². The maximum Gasteiger partial charge on any atom is 0.193 e. The number of halogens is 1. The third-order valence-corrected chi connectivity index (χ3v) is 3.23. The molecule has 0 bridgehead atoms. The number of anilines is 1. The van der Waals surface area contributed by atoms with Crippen molar-refractivity contribution in [3.63, 3.8) is 0 Å². The number of methoxy groups -OCH3 is 2. The second-order valence-corrected chi connectivity index (χ2v) is 4.85. The van der Waals surface area contributed by atoms with E-state index in [4.69, 9.17) is 15.2 Å².